The monoisotopic (exact) mass is 238 g/mol. The molecule has 0 saturated heterocycles. The van der Waals surface area contributed by atoms with Gasteiger partial charge in [-0.1, -0.05) is 29.8 Å². The summed E-state index contributed by atoms with van der Waals surface area (Å²) in [4.78, 5) is 4.12. The van der Waals surface area contributed by atoms with E-state index in [0.29, 0.717) is 0 Å². The van der Waals surface area contributed by atoms with Gasteiger partial charge in [0.2, 0.25) is 0 Å². The Kier molecular flexibility index (Phi) is 2.57. The van der Waals surface area contributed by atoms with E-state index in [1.807, 2.05) is 12.4 Å². The van der Waals surface area contributed by atoms with Crippen molar-refractivity contribution in [2.45, 2.75) is 13.0 Å². The third-order valence-corrected chi connectivity index (χ3v) is 3.13. The van der Waals surface area contributed by atoms with Gasteiger partial charge in [-0.15, -0.1) is 0 Å². The molecule has 0 aliphatic carbocycles. The Balaban J connectivity index is 2.06. The van der Waals surface area contributed by atoms with Crippen LogP contribution in [0.1, 0.15) is 22.7 Å². The zero-order valence-electron chi connectivity index (χ0n) is 10.1. The molecule has 0 radical (unpaired) electrons. The highest BCUT2D eigenvalue weighted by molar-refractivity contribution is 5.55. The summed E-state index contributed by atoms with van der Waals surface area (Å²) in [6.07, 6.45) is 7.12. The lowest BCUT2D eigenvalue weighted by atomic mass is 10.0. The molecule has 4 heteroatoms. The number of rotatable bonds is 2. The lowest BCUT2D eigenvalue weighted by Crippen LogP contribution is -2.11. The van der Waals surface area contributed by atoms with Crippen molar-refractivity contribution < 1.29 is 0 Å². The normalized spacial score (nSPS) is 12.8. The van der Waals surface area contributed by atoms with Crippen molar-refractivity contribution in [3.8, 4) is 0 Å². The molecule has 0 aliphatic rings. The second kappa shape index (κ2) is 4.23. The Hall–Kier alpha value is -2.20. The Morgan fingerprint density at radius 2 is 1.94 bits per heavy atom. The van der Waals surface area contributed by atoms with E-state index in [2.05, 4.69) is 41.3 Å². The number of fused-ring (bicyclic) bond motifs is 1. The van der Waals surface area contributed by atoms with Gasteiger partial charge in [-0.2, -0.15) is 5.10 Å². The molecule has 1 unspecified atom stereocenters. The summed E-state index contributed by atoms with van der Waals surface area (Å²) in [5.74, 6) is 0. The molecule has 2 aromatic heterocycles. The van der Waals surface area contributed by atoms with Gasteiger partial charge in [0.1, 0.15) is 0 Å². The highest BCUT2D eigenvalue weighted by atomic mass is 15.2. The van der Waals surface area contributed by atoms with Gasteiger partial charge < -0.3 is 5.73 Å². The number of nitrogens with zero attached hydrogens (tertiary/aromatic N) is 3. The second-order valence-corrected chi connectivity index (χ2v) is 4.39. The SMILES string of the molecule is Cc1ccc(C(N)c2cnn3ccncc23)cc1. The molecule has 0 fully saturated rings. The molecule has 3 aromatic rings. The molecular formula is C14H14N4. The highest BCUT2D eigenvalue weighted by Crippen LogP contribution is 2.23. The Bertz CT molecular complexity index is 670. The van der Waals surface area contributed by atoms with E-state index in [9.17, 15) is 0 Å². The van der Waals surface area contributed by atoms with Crippen LogP contribution in [0.15, 0.2) is 49.1 Å². The first-order valence-corrected chi connectivity index (χ1v) is 5.85. The summed E-state index contributed by atoms with van der Waals surface area (Å²) in [5, 5.41) is 4.28. The fourth-order valence-corrected chi connectivity index (χ4v) is 2.05. The number of aryl methyl sites for hydroxylation is 1. The summed E-state index contributed by atoms with van der Waals surface area (Å²) >= 11 is 0. The average Bonchev–Trinajstić information content (AvgIpc) is 2.82. The predicted molar refractivity (Wildman–Crippen MR) is 70.2 cm³/mol. The Labute approximate surface area is 105 Å². The van der Waals surface area contributed by atoms with Crippen molar-refractivity contribution >= 4 is 5.52 Å². The zero-order valence-corrected chi connectivity index (χ0v) is 10.1. The van der Waals surface area contributed by atoms with Crippen molar-refractivity contribution in [3.63, 3.8) is 0 Å². The van der Waals surface area contributed by atoms with Crippen molar-refractivity contribution in [1.29, 1.82) is 0 Å². The van der Waals surface area contributed by atoms with Gasteiger partial charge >= 0.3 is 0 Å². The average molecular weight is 238 g/mol. The minimum Gasteiger partial charge on any atom is -0.320 e. The molecule has 0 bridgehead atoms. The minimum atomic E-state index is -0.174. The molecule has 1 aromatic carbocycles. The standard InChI is InChI=1S/C14H14N4/c1-10-2-4-11(5-3-10)14(15)12-8-17-18-7-6-16-9-13(12)18/h2-9,14H,15H2,1H3. The molecule has 2 heterocycles. The molecule has 4 nitrogen and oxygen atoms in total. The van der Waals surface area contributed by atoms with Gasteiger partial charge in [0.05, 0.1) is 24.0 Å². The summed E-state index contributed by atoms with van der Waals surface area (Å²) in [5.41, 5.74) is 10.5. The summed E-state index contributed by atoms with van der Waals surface area (Å²) < 4.78 is 1.79. The van der Waals surface area contributed by atoms with E-state index in [4.69, 9.17) is 5.73 Å². The topological polar surface area (TPSA) is 56.2 Å². The first-order valence-electron chi connectivity index (χ1n) is 5.85. The number of hydrogen-bond acceptors (Lipinski definition) is 3. The van der Waals surface area contributed by atoms with E-state index < -0.39 is 0 Å². The molecule has 0 aliphatic heterocycles. The summed E-state index contributed by atoms with van der Waals surface area (Å²) in [7, 11) is 0. The fourth-order valence-electron chi connectivity index (χ4n) is 2.05. The van der Waals surface area contributed by atoms with Crippen LogP contribution in [-0.2, 0) is 0 Å². The zero-order chi connectivity index (χ0) is 12.5. The predicted octanol–water partition coefficient (Wildman–Crippen LogP) is 2.09. The van der Waals surface area contributed by atoms with Crippen LogP contribution in [0.5, 0.6) is 0 Å². The van der Waals surface area contributed by atoms with E-state index >= 15 is 0 Å². The quantitative estimate of drug-likeness (QED) is 0.743. The van der Waals surface area contributed by atoms with Gasteiger partial charge in [-0.25, -0.2) is 4.52 Å². The molecule has 0 saturated carbocycles. The van der Waals surface area contributed by atoms with Crippen molar-refractivity contribution in [2.75, 3.05) is 0 Å². The Morgan fingerprint density at radius 3 is 2.72 bits per heavy atom. The highest BCUT2D eigenvalue weighted by Gasteiger charge is 2.14. The number of aromatic nitrogens is 3. The smallest absolute Gasteiger partial charge is 0.0896 e. The van der Waals surface area contributed by atoms with Gasteiger partial charge in [-0.3, -0.25) is 4.98 Å². The molecule has 1 atom stereocenters. The second-order valence-electron chi connectivity index (χ2n) is 4.39. The molecule has 3 rings (SSSR count). The maximum absolute atomic E-state index is 6.30. The largest absolute Gasteiger partial charge is 0.320 e. The fraction of sp³-hybridized carbons (Fsp3) is 0.143. The van der Waals surface area contributed by atoms with Gasteiger partial charge in [0.15, 0.2) is 0 Å². The molecular weight excluding hydrogens is 224 g/mol. The molecule has 2 N–H and O–H groups in total. The third kappa shape index (κ3) is 1.76. The maximum atomic E-state index is 6.30. The van der Waals surface area contributed by atoms with Crippen molar-refractivity contribution in [3.05, 3.63) is 65.7 Å². The number of nitrogens with two attached hydrogens (primary N) is 1. The molecule has 0 spiro atoms. The first kappa shape index (κ1) is 10.9. The Morgan fingerprint density at radius 1 is 1.17 bits per heavy atom. The van der Waals surface area contributed by atoms with Crippen molar-refractivity contribution in [2.24, 2.45) is 5.73 Å². The van der Waals surface area contributed by atoms with Crippen LogP contribution >= 0.6 is 0 Å². The molecule has 90 valence electrons. The molecule has 0 amide bonds. The number of benzene rings is 1. The van der Waals surface area contributed by atoms with Crippen molar-refractivity contribution in [1.82, 2.24) is 14.6 Å². The van der Waals surface area contributed by atoms with E-state index in [-0.39, 0.29) is 6.04 Å². The van der Waals surface area contributed by atoms with Crippen LogP contribution in [0.25, 0.3) is 5.52 Å². The van der Waals surface area contributed by atoms with Crippen LogP contribution in [0.4, 0.5) is 0 Å². The van der Waals surface area contributed by atoms with Gasteiger partial charge in [0, 0.05) is 18.0 Å². The van der Waals surface area contributed by atoms with Crippen LogP contribution in [0.2, 0.25) is 0 Å². The first-order chi connectivity index (χ1) is 8.75. The minimum absolute atomic E-state index is 0.174. The summed E-state index contributed by atoms with van der Waals surface area (Å²) in [6, 6.07) is 8.07. The van der Waals surface area contributed by atoms with Crippen LogP contribution in [0.3, 0.4) is 0 Å². The molecule has 18 heavy (non-hydrogen) atoms. The lowest BCUT2D eigenvalue weighted by molar-refractivity contribution is 0.879. The van der Waals surface area contributed by atoms with Gasteiger partial charge in [-0.05, 0) is 12.5 Å². The van der Waals surface area contributed by atoms with E-state index in [1.165, 1.54) is 5.56 Å². The van der Waals surface area contributed by atoms with Crippen LogP contribution in [0, 0.1) is 6.92 Å². The van der Waals surface area contributed by atoms with Crippen LogP contribution in [-0.4, -0.2) is 14.6 Å². The van der Waals surface area contributed by atoms with Crippen LogP contribution < -0.4 is 5.73 Å². The maximum Gasteiger partial charge on any atom is 0.0896 e. The van der Waals surface area contributed by atoms with E-state index in [1.54, 1.807) is 16.9 Å². The van der Waals surface area contributed by atoms with E-state index in [0.717, 1.165) is 16.6 Å². The lowest BCUT2D eigenvalue weighted by Gasteiger charge is -2.10. The summed E-state index contributed by atoms with van der Waals surface area (Å²) in [6.45, 7) is 2.06. The third-order valence-electron chi connectivity index (χ3n) is 3.13. The number of hydrogen-bond donors (Lipinski definition) is 1. The van der Waals surface area contributed by atoms with Gasteiger partial charge in [0.25, 0.3) is 0 Å².